The highest BCUT2D eigenvalue weighted by atomic mass is 35.5. The summed E-state index contributed by atoms with van der Waals surface area (Å²) in [6.07, 6.45) is 1.67. The third-order valence-electron chi connectivity index (χ3n) is 3.25. The molecule has 0 radical (unpaired) electrons. The van der Waals surface area contributed by atoms with Gasteiger partial charge in [-0.05, 0) is 35.9 Å². The van der Waals surface area contributed by atoms with Crippen LogP contribution in [0.2, 0.25) is 15.1 Å². The normalized spacial score (nSPS) is 10.5. The van der Waals surface area contributed by atoms with Crippen LogP contribution in [0, 0.1) is 0 Å². The van der Waals surface area contributed by atoms with Crippen LogP contribution in [0.25, 0.3) is 0 Å². The largest absolute Gasteiger partial charge is 0.366 e. The van der Waals surface area contributed by atoms with Crippen LogP contribution in [0.1, 0.15) is 5.56 Å². The van der Waals surface area contributed by atoms with Gasteiger partial charge in [0, 0.05) is 23.5 Å². The third-order valence-corrected chi connectivity index (χ3v) is 4.36. The van der Waals surface area contributed by atoms with Crippen LogP contribution in [0.15, 0.2) is 54.7 Å². The molecule has 0 bridgehead atoms. The van der Waals surface area contributed by atoms with E-state index in [1.165, 1.54) is 0 Å². The van der Waals surface area contributed by atoms with E-state index in [0.29, 0.717) is 33.4 Å². The molecule has 24 heavy (non-hydrogen) atoms. The van der Waals surface area contributed by atoms with Crippen molar-refractivity contribution < 1.29 is 0 Å². The molecule has 0 saturated carbocycles. The van der Waals surface area contributed by atoms with Gasteiger partial charge in [0.1, 0.15) is 5.82 Å². The molecular weight excluding hydrogens is 367 g/mol. The van der Waals surface area contributed by atoms with Crippen LogP contribution in [0.3, 0.4) is 0 Å². The molecule has 1 heterocycles. The summed E-state index contributed by atoms with van der Waals surface area (Å²) < 4.78 is 0. The number of aromatic nitrogens is 2. The number of anilines is 3. The van der Waals surface area contributed by atoms with Gasteiger partial charge in [-0.2, -0.15) is 4.98 Å². The molecular formula is C17H13Cl3N4. The molecule has 4 nitrogen and oxygen atoms in total. The Bertz CT molecular complexity index is 855. The number of nitrogens with zero attached hydrogens (tertiary/aromatic N) is 2. The molecule has 3 aromatic rings. The van der Waals surface area contributed by atoms with Crippen molar-refractivity contribution in [3.63, 3.8) is 0 Å². The Balaban J connectivity index is 1.69. The first-order valence-electron chi connectivity index (χ1n) is 7.14. The lowest BCUT2D eigenvalue weighted by Crippen LogP contribution is -2.04. The van der Waals surface area contributed by atoms with Crippen LogP contribution in [0.4, 0.5) is 17.5 Å². The maximum atomic E-state index is 6.15. The minimum atomic E-state index is 0.456. The van der Waals surface area contributed by atoms with Gasteiger partial charge in [-0.1, -0.05) is 53.0 Å². The van der Waals surface area contributed by atoms with E-state index < -0.39 is 0 Å². The average molecular weight is 380 g/mol. The lowest BCUT2D eigenvalue weighted by Gasteiger charge is -2.09. The first kappa shape index (κ1) is 16.8. The first-order valence-corrected chi connectivity index (χ1v) is 8.27. The summed E-state index contributed by atoms with van der Waals surface area (Å²) in [5.41, 5.74) is 1.75. The van der Waals surface area contributed by atoms with Gasteiger partial charge in [-0.3, -0.25) is 0 Å². The van der Waals surface area contributed by atoms with Crippen molar-refractivity contribution >= 4 is 52.3 Å². The van der Waals surface area contributed by atoms with Gasteiger partial charge in [0.25, 0.3) is 0 Å². The standard InChI is InChI=1S/C17H13Cl3N4/c18-13-4-2-1-3-11(13)10-22-16-7-8-21-17(24-16)23-12-5-6-14(19)15(20)9-12/h1-9H,10H2,(H2,21,22,23,24). The van der Waals surface area contributed by atoms with Gasteiger partial charge >= 0.3 is 0 Å². The predicted molar refractivity (Wildman–Crippen MR) is 101 cm³/mol. The number of rotatable bonds is 5. The van der Waals surface area contributed by atoms with Gasteiger partial charge in [0.15, 0.2) is 0 Å². The Morgan fingerprint density at radius 2 is 1.71 bits per heavy atom. The lowest BCUT2D eigenvalue weighted by molar-refractivity contribution is 1.08. The van der Waals surface area contributed by atoms with Crippen LogP contribution in [-0.4, -0.2) is 9.97 Å². The lowest BCUT2D eigenvalue weighted by atomic mass is 10.2. The number of nitrogens with one attached hydrogen (secondary N) is 2. The molecule has 0 aliphatic carbocycles. The topological polar surface area (TPSA) is 49.8 Å². The minimum absolute atomic E-state index is 0.456. The molecule has 1 aromatic heterocycles. The van der Waals surface area contributed by atoms with Crippen molar-refractivity contribution in [3.05, 3.63) is 75.4 Å². The molecule has 7 heteroatoms. The van der Waals surface area contributed by atoms with Crippen molar-refractivity contribution in [2.45, 2.75) is 6.54 Å². The van der Waals surface area contributed by atoms with Gasteiger partial charge in [-0.15, -0.1) is 0 Å². The summed E-state index contributed by atoms with van der Waals surface area (Å²) in [6.45, 7) is 0.572. The van der Waals surface area contributed by atoms with E-state index >= 15 is 0 Å². The zero-order valence-corrected chi connectivity index (χ0v) is 14.7. The third kappa shape index (κ3) is 4.29. The summed E-state index contributed by atoms with van der Waals surface area (Å²) >= 11 is 18.1. The Morgan fingerprint density at radius 3 is 2.50 bits per heavy atom. The Kier molecular flexibility index (Phi) is 5.41. The minimum Gasteiger partial charge on any atom is -0.366 e. The first-order chi connectivity index (χ1) is 11.6. The summed E-state index contributed by atoms with van der Waals surface area (Å²) in [6, 6.07) is 14.7. The quantitative estimate of drug-likeness (QED) is 0.589. The Labute approximate surface area is 154 Å². The van der Waals surface area contributed by atoms with Gasteiger partial charge in [0.2, 0.25) is 5.95 Å². The van der Waals surface area contributed by atoms with Crippen molar-refractivity contribution in [1.82, 2.24) is 9.97 Å². The van der Waals surface area contributed by atoms with Crippen molar-refractivity contribution in [2.75, 3.05) is 10.6 Å². The van der Waals surface area contributed by atoms with Gasteiger partial charge < -0.3 is 10.6 Å². The van der Waals surface area contributed by atoms with E-state index in [0.717, 1.165) is 11.3 Å². The fraction of sp³-hybridized carbons (Fsp3) is 0.0588. The molecule has 122 valence electrons. The van der Waals surface area contributed by atoms with Crippen molar-refractivity contribution in [1.29, 1.82) is 0 Å². The highest BCUT2D eigenvalue weighted by Crippen LogP contribution is 2.26. The maximum Gasteiger partial charge on any atom is 0.229 e. The highest BCUT2D eigenvalue weighted by Gasteiger charge is 2.04. The number of hydrogen-bond donors (Lipinski definition) is 2. The number of hydrogen-bond acceptors (Lipinski definition) is 4. The Morgan fingerprint density at radius 1 is 0.875 bits per heavy atom. The fourth-order valence-corrected chi connectivity index (χ4v) is 2.55. The zero-order chi connectivity index (χ0) is 16.9. The van der Waals surface area contributed by atoms with Crippen LogP contribution in [-0.2, 0) is 6.54 Å². The number of benzene rings is 2. The smallest absolute Gasteiger partial charge is 0.229 e. The fourth-order valence-electron chi connectivity index (χ4n) is 2.05. The summed E-state index contributed by atoms with van der Waals surface area (Å²) in [5, 5.41) is 8.00. The van der Waals surface area contributed by atoms with E-state index in [-0.39, 0.29) is 0 Å². The molecule has 0 aliphatic rings. The molecule has 3 rings (SSSR count). The molecule has 0 amide bonds. The molecule has 0 spiro atoms. The molecule has 0 fully saturated rings. The van der Waals surface area contributed by atoms with Crippen molar-refractivity contribution in [3.8, 4) is 0 Å². The molecule has 2 aromatic carbocycles. The van der Waals surface area contributed by atoms with Crippen LogP contribution >= 0.6 is 34.8 Å². The van der Waals surface area contributed by atoms with E-state index in [1.807, 2.05) is 24.3 Å². The van der Waals surface area contributed by atoms with Crippen LogP contribution in [0.5, 0.6) is 0 Å². The maximum absolute atomic E-state index is 6.15. The second-order valence-corrected chi connectivity index (χ2v) is 6.19. The summed E-state index contributed by atoms with van der Waals surface area (Å²) in [4.78, 5) is 8.61. The van der Waals surface area contributed by atoms with E-state index in [4.69, 9.17) is 34.8 Å². The van der Waals surface area contributed by atoms with Crippen molar-refractivity contribution in [2.24, 2.45) is 0 Å². The SMILES string of the molecule is Clc1ccc(Nc2nccc(NCc3ccccc3Cl)n2)cc1Cl. The molecule has 2 N–H and O–H groups in total. The zero-order valence-electron chi connectivity index (χ0n) is 12.4. The molecule has 0 saturated heterocycles. The second kappa shape index (κ2) is 7.71. The van der Waals surface area contributed by atoms with E-state index in [2.05, 4.69) is 20.6 Å². The number of halogens is 3. The summed E-state index contributed by atoms with van der Waals surface area (Å²) in [7, 11) is 0. The van der Waals surface area contributed by atoms with Gasteiger partial charge in [-0.25, -0.2) is 4.98 Å². The molecule has 0 aliphatic heterocycles. The highest BCUT2D eigenvalue weighted by molar-refractivity contribution is 6.42. The van der Waals surface area contributed by atoms with Crippen LogP contribution < -0.4 is 10.6 Å². The van der Waals surface area contributed by atoms with Gasteiger partial charge in [0.05, 0.1) is 10.0 Å². The Hall–Kier alpha value is -2.01. The average Bonchev–Trinajstić information content (AvgIpc) is 2.58. The second-order valence-electron chi connectivity index (χ2n) is 4.96. The summed E-state index contributed by atoms with van der Waals surface area (Å²) in [5.74, 6) is 1.14. The van der Waals surface area contributed by atoms with E-state index in [1.54, 1.807) is 30.5 Å². The monoisotopic (exact) mass is 378 g/mol. The molecule has 0 unspecified atom stereocenters. The molecule has 0 atom stereocenters. The predicted octanol–water partition coefficient (Wildman–Crippen LogP) is 5.79. The van der Waals surface area contributed by atoms with E-state index in [9.17, 15) is 0 Å².